The van der Waals surface area contributed by atoms with Gasteiger partial charge in [0.05, 0.1) is 12.7 Å². The van der Waals surface area contributed by atoms with Crippen LogP contribution < -0.4 is 9.47 Å². The highest BCUT2D eigenvalue weighted by Gasteiger charge is 2.34. The van der Waals surface area contributed by atoms with Crippen molar-refractivity contribution in [3.05, 3.63) is 130 Å². The maximum atomic E-state index is 12.0. The lowest BCUT2D eigenvalue weighted by molar-refractivity contribution is 0.0600. The average molecular weight is 1070 g/mol. The first-order valence-corrected chi connectivity index (χ1v) is 21.7. The van der Waals surface area contributed by atoms with Gasteiger partial charge in [-0.1, -0.05) is 66.7 Å². The summed E-state index contributed by atoms with van der Waals surface area (Å²) in [6.45, 7) is 3.75. The van der Waals surface area contributed by atoms with Gasteiger partial charge >= 0.3 is 5.97 Å². The Kier molecular flexibility index (Phi) is 28.6. The number of aryl methyl sites for hydroxylation is 2. The lowest BCUT2D eigenvalue weighted by atomic mass is 9.80. The van der Waals surface area contributed by atoms with Crippen molar-refractivity contribution in [3.63, 3.8) is 0 Å². The molecule has 4 aromatic rings. The van der Waals surface area contributed by atoms with Crippen LogP contribution in [0.1, 0.15) is 101 Å². The molecule has 1 N–H and O–H groups in total. The van der Waals surface area contributed by atoms with Crippen molar-refractivity contribution in [1.82, 2.24) is 0 Å². The van der Waals surface area contributed by atoms with Crippen LogP contribution in [0.3, 0.4) is 0 Å². The Hall–Kier alpha value is -13.8. The largest absolute Gasteiger partial charge is 0.465 e. The Bertz CT molecular complexity index is 4520. The van der Waals surface area contributed by atoms with E-state index in [0.29, 0.717) is 22.6 Å². The molecule has 5 nitrogen and oxygen atoms in total. The fourth-order valence-corrected chi connectivity index (χ4v) is 5.27. The van der Waals surface area contributed by atoms with E-state index in [1.165, 1.54) is 13.2 Å². The van der Waals surface area contributed by atoms with Crippen LogP contribution in [-0.4, -0.2) is 18.2 Å². The predicted octanol–water partition coefficient (Wildman–Crippen LogP) is 16.9. The van der Waals surface area contributed by atoms with Crippen LogP contribution in [0.2, 0.25) is 0 Å². The molecule has 0 aliphatic heterocycles. The summed E-state index contributed by atoms with van der Waals surface area (Å²) in [5, 5.41) is 12.0. The topological polar surface area (TPSA) is 65.0 Å². The van der Waals surface area contributed by atoms with Crippen molar-refractivity contribution in [2.24, 2.45) is 0 Å². The summed E-state index contributed by atoms with van der Waals surface area (Å²) in [5.74, 6) is 99.3. The molecule has 0 saturated heterocycles. The Morgan fingerprint density at radius 3 is 0.974 bits per heavy atom. The zero-order valence-corrected chi connectivity index (χ0v) is 41.5. The van der Waals surface area contributed by atoms with Crippen molar-refractivity contribution in [2.45, 2.75) is 19.4 Å². The lowest BCUT2D eigenvalue weighted by Crippen LogP contribution is -2.29. The third kappa shape index (κ3) is 25.2. The molecule has 0 heterocycles. The van der Waals surface area contributed by atoms with Gasteiger partial charge in [0.15, 0.2) is 0 Å². The van der Waals surface area contributed by atoms with Gasteiger partial charge in [-0.3, -0.25) is 0 Å². The Morgan fingerprint density at radius 1 is 0.385 bits per heavy atom. The van der Waals surface area contributed by atoms with Crippen LogP contribution in [0.5, 0.6) is 11.5 Å². The number of carbonyl (C=O) groups excluding carboxylic acids is 1. The fourth-order valence-electron chi connectivity index (χ4n) is 5.27. The zero-order valence-electron chi connectivity index (χ0n) is 41.5. The van der Waals surface area contributed by atoms with Gasteiger partial charge < -0.3 is 19.3 Å². The van der Waals surface area contributed by atoms with E-state index in [1.807, 2.05) is 86.6 Å². The Balaban J connectivity index is -0.0000000195. The van der Waals surface area contributed by atoms with Gasteiger partial charge in [-0.2, -0.15) is 0 Å². The minimum Gasteiger partial charge on any atom is -0.465 e. The molecule has 0 saturated carbocycles. The number of methoxy groups -OCH3 is 1. The summed E-state index contributed by atoms with van der Waals surface area (Å²) in [7, 11) is 1.31. The van der Waals surface area contributed by atoms with Gasteiger partial charge in [0.1, 0.15) is 29.3 Å². The van der Waals surface area contributed by atoms with Crippen LogP contribution in [-0.2, 0) is 10.3 Å². The molecule has 0 radical (unpaired) electrons. The number of carbonyl (C=O) groups is 1. The van der Waals surface area contributed by atoms with Gasteiger partial charge in [-0.25, -0.2) is 4.79 Å². The Morgan fingerprint density at radius 2 is 0.667 bits per heavy atom. The predicted molar refractivity (Wildman–Crippen MR) is 396 cm³/mol. The number of aliphatic hydroxyl groups is 1. The molecule has 0 aliphatic rings. The first-order chi connectivity index (χ1) is 38.3. The van der Waals surface area contributed by atoms with Gasteiger partial charge in [-0.05, 0) is 167 Å². The SMILES string of the molecule is C#CC#CC#CC#CC#CC#CC#CC#CC#CC#CC#COc1cc(C)cc(C(=O)OC)c1.C#CC#CC#CC#CC#CC#CC#CC#CC#CC#CC#COc1cc(C)cc(C(O)(c2ccccc2)c2ccccc2)c1.[HH].[HH].[HH].[HH].[HH].[HH].[HH].[HH].[HH].[HH].[HH].[HH].[HH].[HH].[HH].[HH].[HH].[HH].[HH].[HH].[HH].[HH].[HH].[HH].[HH].[HH].[HH].[HH].[HH].[HH].[HH].[HH].[HH].[HH].[HH].[HH].[HH].[HH].[HH].[HH].[HH].[HH].[HH].[HH]. The molecule has 0 aliphatic carbocycles. The molecule has 78 heavy (non-hydrogen) atoms. The third-order valence-corrected chi connectivity index (χ3v) is 8.16. The van der Waals surface area contributed by atoms with Gasteiger partial charge in [-0.15, -0.1) is 12.8 Å². The maximum Gasteiger partial charge on any atom is 0.337 e. The highest BCUT2D eigenvalue weighted by Crippen LogP contribution is 2.38. The summed E-state index contributed by atoms with van der Waals surface area (Å²) >= 11 is 0. The van der Waals surface area contributed by atoms with E-state index in [9.17, 15) is 9.90 Å². The molecule has 0 spiro atoms. The summed E-state index contributed by atoms with van der Waals surface area (Å²) in [4.78, 5) is 11.6. The van der Waals surface area contributed by atoms with Crippen LogP contribution in [0, 0.1) is 276 Å². The maximum absolute atomic E-state index is 12.0. The molecule has 0 amide bonds. The van der Waals surface area contributed by atoms with Crippen LogP contribution in [0.15, 0.2) is 97.1 Å². The molecule has 0 bridgehead atoms. The molecule has 0 aromatic heterocycles. The molecule has 438 valence electrons. The average Bonchev–Trinajstić information content (AvgIpc) is 0.765. The van der Waals surface area contributed by atoms with Gasteiger partial charge in [0.25, 0.3) is 0 Å². The van der Waals surface area contributed by atoms with Crippen LogP contribution in [0.25, 0.3) is 0 Å². The summed E-state index contributed by atoms with van der Waals surface area (Å²) < 4.78 is 15.5. The fraction of sp³-hybridized carbons (Fsp3) is 0.0548. The second-order valence-corrected chi connectivity index (χ2v) is 13.5. The highest BCUT2D eigenvalue weighted by molar-refractivity contribution is 5.90. The number of benzene rings is 4. The van der Waals surface area contributed by atoms with Crippen molar-refractivity contribution < 1.29 is 86.9 Å². The zero-order chi connectivity index (χ0) is 55.8. The quantitative estimate of drug-likeness (QED) is 0.118. The summed E-state index contributed by atoms with van der Waals surface area (Å²) in [6, 6.07) is 29.5. The van der Waals surface area contributed by atoms with E-state index in [0.717, 1.165) is 22.3 Å². The van der Waals surface area contributed by atoms with E-state index in [1.54, 1.807) is 18.2 Å². The molecular weight excluding hydrogens is 957 g/mol. The van der Waals surface area contributed by atoms with E-state index >= 15 is 0 Å². The van der Waals surface area contributed by atoms with E-state index in [2.05, 4.69) is 254 Å². The minimum absolute atomic E-state index is 0. The van der Waals surface area contributed by atoms with Gasteiger partial charge in [0, 0.05) is 205 Å². The van der Waals surface area contributed by atoms with E-state index < -0.39 is 11.6 Å². The monoisotopic (exact) mass is 1070 g/mol. The van der Waals surface area contributed by atoms with Crippen LogP contribution >= 0.6 is 0 Å². The first kappa shape index (κ1) is 58.5. The second-order valence-electron chi connectivity index (χ2n) is 13.5. The smallest absolute Gasteiger partial charge is 0.337 e. The number of rotatable bonds is 6. The summed E-state index contributed by atoms with van der Waals surface area (Å²) in [6.07, 6.45) is 14.9. The van der Waals surface area contributed by atoms with Crippen molar-refractivity contribution >= 4 is 5.97 Å². The molecule has 0 atom stereocenters. The standard InChI is InChI=1S/C42H18O2.C31H10O3.44H2/c1-3-4-5-6-7-8-9-10-11-12-13-14-15-16-17-18-19-20-21-28-33-44-41-35-37(2)34-40(36-41)42(43,38-29-24-22-25-30-38)39-31-26-23-27-32-39;1-4-5-6-7-8-9-10-11-12-13-14-15-16-17-18-19-20-21-22-23-24-34-30-26-28(2)25-29(27-30)31(32)33-3;;;;;;;;;;;;;;;;;;;;;;;;;;;;;;;;;;;;;;;;;;;;/h1,22-27,29-32,34-36,43H,2H3;1,25-27H,2-3H3;44*1H. The molecular formula is C73H116O5. The molecule has 0 unspecified atom stereocenters. The summed E-state index contributed by atoms with van der Waals surface area (Å²) in [5.41, 5.74) is 2.86. The molecule has 4 rings (SSSR count). The normalized spacial score (nSPS) is 7.00. The number of ether oxygens (including phenoxy) is 3. The highest BCUT2D eigenvalue weighted by atomic mass is 16.5. The van der Waals surface area contributed by atoms with E-state index in [-0.39, 0.29) is 62.8 Å². The third-order valence-electron chi connectivity index (χ3n) is 8.16. The lowest BCUT2D eigenvalue weighted by Gasteiger charge is -2.30. The first-order valence-electron chi connectivity index (χ1n) is 21.7. The van der Waals surface area contributed by atoms with E-state index in [4.69, 9.17) is 22.3 Å². The van der Waals surface area contributed by atoms with Crippen LogP contribution in [0.4, 0.5) is 0 Å². The molecule has 4 aromatic carbocycles. The van der Waals surface area contributed by atoms with Crippen molar-refractivity contribution in [3.8, 4) is 273 Å². The van der Waals surface area contributed by atoms with Gasteiger partial charge in [0.2, 0.25) is 0 Å². The second kappa shape index (κ2) is 38.0. The number of hydrogen-bond donors (Lipinski definition) is 1. The molecule has 5 heteroatoms. The Labute approximate surface area is 523 Å². The minimum atomic E-state index is -1.38. The number of esters is 1. The number of hydrogen-bond acceptors (Lipinski definition) is 5. The van der Waals surface area contributed by atoms with Crippen molar-refractivity contribution in [2.75, 3.05) is 7.11 Å². The van der Waals surface area contributed by atoms with Crippen molar-refractivity contribution in [1.29, 1.82) is 0 Å². The molecule has 0 fully saturated rings. The number of terminal acetylenes is 2.